The molecule has 0 atom stereocenters. The lowest BCUT2D eigenvalue weighted by atomic mass is 10.1. The Morgan fingerprint density at radius 1 is 1.45 bits per heavy atom. The van der Waals surface area contributed by atoms with Gasteiger partial charge >= 0.3 is 11.8 Å². The number of carboxylic acids is 1. The number of carbonyl (C=O) groups is 1. The third-order valence-electron chi connectivity index (χ3n) is 2.75. The SMILES string of the molecule is Cn1cnc([N+](=O)[O-])c1NCc1ccc(C(=O)O)cc1. The van der Waals surface area contributed by atoms with Crippen molar-refractivity contribution in [3.05, 3.63) is 51.8 Å². The van der Waals surface area contributed by atoms with E-state index < -0.39 is 10.9 Å². The Morgan fingerprint density at radius 2 is 2.10 bits per heavy atom. The highest BCUT2D eigenvalue weighted by Gasteiger charge is 2.19. The highest BCUT2D eigenvalue weighted by atomic mass is 16.6. The van der Waals surface area contributed by atoms with Gasteiger partial charge in [0.2, 0.25) is 12.1 Å². The van der Waals surface area contributed by atoms with Gasteiger partial charge in [-0.05, 0) is 27.6 Å². The van der Waals surface area contributed by atoms with Gasteiger partial charge in [0.15, 0.2) is 0 Å². The standard InChI is InChI=1S/C12H12N4O4/c1-15-7-14-11(16(19)20)10(15)13-6-8-2-4-9(5-3-8)12(17)18/h2-5,7,13H,6H2,1H3,(H,17,18). The number of imidazole rings is 1. The number of anilines is 1. The quantitative estimate of drug-likeness (QED) is 0.634. The molecule has 2 N–H and O–H groups in total. The van der Waals surface area contributed by atoms with Gasteiger partial charge in [0, 0.05) is 13.6 Å². The molecule has 0 aliphatic rings. The molecule has 0 bridgehead atoms. The van der Waals surface area contributed by atoms with Gasteiger partial charge in [-0.2, -0.15) is 0 Å². The monoisotopic (exact) mass is 276 g/mol. The van der Waals surface area contributed by atoms with Crippen LogP contribution in [-0.4, -0.2) is 25.6 Å². The van der Waals surface area contributed by atoms with Gasteiger partial charge in [0.05, 0.1) is 5.56 Å². The van der Waals surface area contributed by atoms with E-state index in [0.717, 1.165) is 5.56 Å². The third-order valence-corrected chi connectivity index (χ3v) is 2.75. The number of nitrogens with one attached hydrogen (secondary N) is 1. The van der Waals surface area contributed by atoms with Crippen molar-refractivity contribution in [2.45, 2.75) is 6.54 Å². The van der Waals surface area contributed by atoms with Gasteiger partial charge in [-0.3, -0.25) is 4.57 Å². The molecule has 0 fully saturated rings. The Balaban J connectivity index is 2.11. The summed E-state index contributed by atoms with van der Waals surface area (Å²) in [6, 6.07) is 6.27. The van der Waals surface area contributed by atoms with Crippen molar-refractivity contribution < 1.29 is 14.8 Å². The van der Waals surface area contributed by atoms with Crippen LogP contribution < -0.4 is 5.32 Å². The average molecular weight is 276 g/mol. The summed E-state index contributed by atoms with van der Waals surface area (Å²) in [7, 11) is 1.65. The Hall–Kier alpha value is -2.90. The zero-order valence-corrected chi connectivity index (χ0v) is 10.6. The summed E-state index contributed by atoms with van der Waals surface area (Å²) in [6.07, 6.45) is 1.36. The van der Waals surface area contributed by atoms with Crippen molar-refractivity contribution in [3.8, 4) is 0 Å². The van der Waals surface area contributed by atoms with E-state index in [4.69, 9.17) is 5.11 Å². The van der Waals surface area contributed by atoms with E-state index in [1.54, 1.807) is 19.2 Å². The second-order valence-electron chi connectivity index (χ2n) is 4.14. The molecule has 1 heterocycles. The van der Waals surface area contributed by atoms with Gasteiger partial charge in [0.1, 0.15) is 0 Å². The van der Waals surface area contributed by atoms with Crippen LogP contribution >= 0.6 is 0 Å². The first kappa shape index (κ1) is 13.5. The number of carboxylic acid groups (broad SMARTS) is 1. The smallest absolute Gasteiger partial charge is 0.406 e. The third kappa shape index (κ3) is 2.74. The lowest BCUT2D eigenvalue weighted by molar-refractivity contribution is -0.388. The minimum Gasteiger partial charge on any atom is -0.478 e. The molecule has 8 heteroatoms. The molecule has 0 aliphatic carbocycles. The van der Waals surface area contributed by atoms with E-state index in [9.17, 15) is 14.9 Å². The number of nitro groups is 1. The number of hydrogen-bond donors (Lipinski definition) is 2. The lowest BCUT2D eigenvalue weighted by Gasteiger charge is -2.06. The summed E-state index contributed by atoms with van der Waals surface area (Å²) in [6.45, 7) is 0.334. The lowest BCUT2D eigenvalue weighted by Crippen LogP contribution is -2.06. The normalized spacial score (nSPS) is 10.2. The number of aromatic carboxylic acids is 1. The van der Waals surface area contributed by atoms with Crippen molar-refractivity contribution >= 4 is 17.6 Å². The minimum absolute atomic E-state index is 0.195. The van der Waals surface area contributed by atoms with Gasteiger partial charge in [-0.15, -0.1) is 0 Å². The maximum absolute atomic E-state index is 10.8. The molecule has 0 unspecified atom stereocenters. The average Bonchev–Trinajstić information content (AvgIpc) is 2.78. The molecule has 2 aromatic rings. The summed E-state index contributed by atoms with van der Waals surface area (Å²) >= 11 is 0. The van der Waals surface area contributed by atoms with Crippen molar-refractivity contribution in [1.29, 1.82) is 0 Å². The van der Waals surface area contributed by atoms with Crippen LogP contribution in [0.2, 0.25) is 0 Å². The van der Waals surface area contributed by atoms with E-state index in [1.165, 1.54) is 23.0 Å². The Kier molecular flexibility index (Phi) is 3.65. The fraction of sp³-hybridized carbons (Fsp3) is 0.167. The number of rotatable bonds is 5. The fourth-order valence-corrected chi connectivity index (χ4v) is 1.71. The minimum atomic E-state index is -0.994. The van der Waals surface area contributed by atoms with E-state index in [1.807, 2.05) is 0 Å². The van der Waals surface area contributed by atoms with Crippen LogP contribution in [0.5, 0.6) is 0 Å². The second-order valence-corrected chi connectivity index (χ2v) is 4.14. The van der Waals surface area contributed by atoms with E-state index >= 15 is 0 Å². The van der Waals surface area contributed by atoms with Crippen LogP contribution in [0.25, 0.3) is 0 Å². The van der Waals surface area contributed by atoms with Crippen LogP contribution in [-0.2, 0) is 13.6 Å². The van der Waals surface area contributed by atoms with Crippen molar-refractivity contribution in [1.82, 2.24) is 9.55 Å². The molecule has 0 radical (unpaired) electrons. The Labute approximate surface area is 113 Å². The topological polar surface area (TPSA) is 110 Å². The molecule has 8 nitrogen and oxygen atoms in total. The van der Waals surface area contributed by atoms with E-state index in [0.29, 0.717) is 12.4 Å². The number of nitrogens with zero attached hydrogens (tertiary/aromatic N) is 3. The highest BCUT2D eigenvalue weighted by Crippen LogP contribution is 2.21. The first-order valence-electron chi connectivity index (χ1n) is 5.71. The maximum atomic E-state index is 10.8. The Bertz CT molecular complexity index is 648. The molecule has 1 aromatic heterocycles. The number of aromatic nitrogens is 2. The highest BCUT2D eigenvalue weighted by molar-refractivity contribution is 5.87. The summed E-state index contributed by atoms with van der Waals surface area (Å²) in [5.41, 5.74) is 1.01. The number of aryl methyl sites for hydroxylation is 1. The molecular formula is C12H12N4O4. The second kappa shape index (κ2) is 5.39. The summed E-state index contributed by atoms with van der Waals surface area (Å²) in [5.74, 6) is -0.932. The first-order chi connectivity index (χ1) is 9.49. The van der Waals surface area contributed by atoms with Gasteiger partial charge in [-0.1, -0.05) is 12.1 Å². The molecular weight excluding hydrogens is 264 g/mol. The zero-order chi connectivity index (χ0) is 14.7. The summed E-state index contributed by atoms with van der Waals surface area (Å²) in [5, 5.41) is 22.5. The largest absolute Gasteiger partial charge is 0.478 e. The molecule has 2 rings (SSSR count). The van der Waals surface area contributed by atoms with Crippen LogP contribution in [0.4, 0.5) is 11.6 Å². The van der Waals surface area contributed by atoms with Gasteiger partial charge in [-0.25, -0.2) is 4.79 Å². The van der Waals surface area contributed by atoms with Crippen molar-refractivity contribution in [2.75, 3.05) is 5.32 Å². The van der Waals surface area contributed by atoms with Gasteiger partial charge in [0.25, 0.3) is 0 Å². The molecule has 0 spiro atoms. The van der Waals surface area contributed by atoms with E-state index in [-0.39, 0.29) is 11.4 Å². The van der Waals surface area contributed by atoms with Crippen LogP contribution in [0.15, 0.2) is 30.6 Å². The molecule has 20 heavy (non-hydrogen) atoms. The zero-order valence-electron chi connectivity index (χ0n) is 10.6. The first-order valence-corrected chi connectivity index (χ1v) is 5.71. The summed E-state index contributed by atoms with van der Waals surface area (Å²) < 4.78 is 1.52. The Morgan fingerprint density at radius 3 is 2.65 bits per heavy atom. The van der Waals surface area contributed by atoms with Crippen molar-refractivity contribution in [2.24, 2.45) is 7.05 Å². The summed E-state index contributed by atoms with van der Waals surface area (Å²) in [4.78, 5) is 24.6. The number of benzene rings is 1. The molecule has 0 saturated carbocycles. The number of hydrogen-bond acceptors (Lipinski definition) is 5. The predicted octanol–water partition coefficient (Wildman–Crippen LogP) is 1.64. The van der Waals surface area contributed by atoms with Gasteiger partial charge < -0.3 is 20.5 Å². The van der Waals surface area contributed by atoms with Crippen molar-refractivity contribution in [3.63, 3.8) is 0 Å². The van der Waals surface area contributed by atoms with Crippen LogP contribution in [0, 0.1) is 10.1 Å². The van der Waals surface area contributed by atoms with E-state index in [2.05, 4.69) is 10.3 Å². The van der Waals surface area contributed by atoms with Crippen LogP contribution in [0.3, 0.4) is 0 Å². The molecule has 0 aliphatic heterocycles. The maximum Gasteiger partial charge on any atom is 0.406 e. The molecule has 0 saturated heterocycles. The molecule has 1 aromatic carbocycles. The fourth-order valence-electron chi connectivity index (χ4n) is 1.71. The predicted molar refractivity (Wildman–Crippen MR) is 70.6 cm³/mol. The molecule has 0 amide bonds. The van der Waals surface area contributed by atoms with Crippen LogP contribution in [0.1, 0.15) is 15.9 Å². The molecule has 104 valence electrons.